The Morgan fingerprint density at radius 2 is 2.06 bits per heavy atom. The maximum absolute atomic E-state index is 12.1. The van der Waals surface area contributed by atoms with Gasteiger partial charge in [0.1, 0.15) is 5.54 Å². The van der Waals surface area contributed by atoms with Crippen LogP contribution in [0.4, 0.5) is 0 Å². The molecule has 0 aliphatic heterocycles. The maximum atomic E-state index is 12.1. The van der Waals surface area contributed by atoms with Gasteiger partial charge in [-0.25, -0.2) is 4.79 Å². The van der Waals surface area contributed by atoms with Crippen LogP contribution in [0.25, 0.3) is 0 Å². The van der Waals surface area contributed by atoms with E-state index in [9.17, 15) is 9.59 Å². The molecule has 96 valence electrons. The van der Waals surface area contributed by atoms with Gasteiger partial charge in [0.25, 0.3) is 5.91 Å². The molecular formula is C13H14ClNO3. The topological polar surface area (TPSA) is 66.4 Å². The highest BCUT2D eigenvalue weighted by atomic mass is 35.5. The number of aliphatic carboxylic acids is 1. The second-order valence-electron chi connectivity index (χ2n) is 4.65. The first-order valence-corrected chi connectivity index (χ1v) is 6.14. The first-order valence-electron chi connectivity index (χ1n) is 5.77. The molecule has 0 aromatic heterocycles. The Morgan fingerprint density at radius 1 is 1.39 bits per heavy atom. The summed E-state index contributed by atoms with van der Waals surface area (Å²) in [6.07, 6.45) is 1.78. The van der Waals surface area contributed by atoms with Crippen molar-refractivity contribution in [2.24, 2.45) is 0 Å². The molecule has 0 bridgehead atoms. The van der Waals surface area contributed by atoms with Gasteiger partial charge in [0.2, 0.25) is 0 Å². The Bertz CT molecular complexity index is 509. The number of rotatable bonds is 3. The molecule has 0 radical (unpaired) electrons. The number of nitrogens with one attached hydrogen (secondary N) is 1. The molecule has 1 aliphatic rings. The van der Waals surface area contributed by atoms with E-state index in [4.69, 9.17) is 16.7 Å². The first-order chi connectivity index (χ1) is 8.44. The van der Waals surface area contributed by atoms with Crippen LogP contribution in [0, 0.1) is 6.92 Å². The molecule has 1 aromatic rings. The predicted molar refractivity (Wildman–Crippen MR) is 67.9 cm³/mol. The van der Waals surface area contributed by atoms with Crippen molar-refractivity contribution in [1.29, 1.82) is 0 Å². The van der Waals surface area contributed by atoms with Crippen LogP contribution in [0.1, 0.15) is 35.2 Å². The molecule has 1 aliphatic carbocycles. The molecule has 2 rings (SSSR count). The zero-order valence-corrected chi connectivity index (χ0v) is 10.8. The maximum Gasteiger partial charge on any atom is 0.329 e. The second-order valence-corrected chi connectivity index (χ2v) is 5.09. The Kier molecular flexibility index (Phi) is 3.30. The zero-order valence-electron chi connectivity index (χ0n) is 10.00. The Hall–Kier alpha value is -1.55. The summed E-state index contributed by atoms with van der Waals surface area (Å²) in [5.74, 6) is -1.35. The van der Waals surface area contributed by atoms with E-state index in [1.165, 1.54) is 0 Å². The van der Waals surface area contributed by atoms with Gasteiger partial charge in [0.05, 0.1) is 0 Å². The van der Waals surface area contributed by atoms with Gasteiger partial charge in [-0.1, -0.05) is 17.7 Å². The fourth-order valence-corrected chi connectivity index (χ4v) is 2.22. The van der Waals surface area contributed by atoms with Gasteiger partial charge in [0.15, 0.2) is 0 Å². The summed E-state index contributed by atoms with van der Waals surface area (Å²) in [5, 5.41) is 12.2. The van der Waals surface area contributed by atoms with Crippen LogP contribution >= 0.6 is 11.6 Å². The highest BCUT2D eigenvalue weighted by Crippen LogP contribution is 2.32. The fraction of sp³-hybridized carbons (Fsp3) is 0.385. The Balaban J connectivity index is 2.22. The molecule has 0 unspecified atom stereocenters. The number of benzene rings is 1. The number of hydrogen-bond donors (Lipinski definition) is 2. The summed E-state index contributed by atoms with van der Waals surface area (Å²) in [5.41, 5.74) is 0.109. The lowest BCUT2D eigenvalue weighted by Gasteiger charge is -2.38. The average molecular weight is 268 g/mol. The van der Waals surface area contributed by atoms with E-state index < -0.39 is 11.5 Å². The summed E-state index contributed by atoms with van der Waals surface area (Å²) in [6.45, 7) is 1.79. The van der Waals surface area contributed by atoms with E-state index in [1.54, 1.807) is 25.1 Å². The molecule has 4 nitrogen and oxygen atoms in total. The summed E-state index contributed by atoms with van der Waals surface area (Å²) < 4.78 is 0. The van der Waals surface area contributed by atoms with Gasteiger partial charge in [-0.05, 0) is 43.9 Å². The lowest BCUT2D eigenvalue weighted by Crippen LogP contribution is -2.59. The third kappa shape index (κ3) is 2.20. The fourth-order valence-electron chi connectivity index (χ4n) is 2.05. The highest BCUT2D eigenvalue weighted by molar-refractivity contribution is 6.31. The molecule has 0 atom stereocenters. The highest BCUT2D eigenvalue weighted by Gasteiger charge is 2.45. The van der Waals surface area contributed by atoms with E-state index in [1.807, 2.05) is 0 Å². The number of amides is 1. The predicted octanol–water partition coefficient (Wildman–Crippen LogP) is 2.39. The number of carbonyl (C=O) groups excluding carboxylic acids is 1. The lowest BCUT2D eigenvalue weighted by molar-refractivity contribution is -0.148. The lowest BCUT2D eigenvalue weighted by atomic mass is 9.76. The normalized spacial score (nSPS) is 16.8. The van der Waals surface area contributed by atoms with Crippen LogP contribution < -0.4 is 5.32 Å². The van der Waals surface area contributed by atoms with Gasteiger partial charge in [0, 0.05) is 10.6 Å². The third-order valence-electron chi connectivity index (χ3n) is 3.41. The quantitative estimate of drug-likeness (QED) is 0.884. The molecule has 0 heterocycles. The van der Waals surface area contributed by atoms with E-state index in [-0.39, 0.29) is 5.91 Å². The van der Waals surface area contributed by atoms with Crippen LogP contribution in [0.5, 0.6) is 0 Å². The van der Waals surface area contributed by atoms with Crippen molar-refractivity contribution in [1.82, 2.24) is 5.32 Å². The van der Waals surface area contributed by atoms with Crippen LogP contribution in [-0.2, 0) is 4.79 Å². The first kappa shape index (κ1) is 12.9. The molecule has 5 heteroatoms. The number of aryl methyl sites for hydroxylation is 1. The van der Waals surface area contributed by atoms with E-state index in [0.717, 1.165) is 12.0 Å². The van der Waals surface area contributed by atoms with Gasteiger partial charge in [-0.15, -0.1) is 0 Å². The largest absolute Gasteiger partial charge is 0.480 e. The van der Waals surface area contributed by atoms with E-state index in [2.05, 4.69) is 5.32 Å². The van der Waals surface area contributed by atoms with E-state index in [0.29, 0.717) is 23.4 Å². The SMILES string of the molecule is Cc1ccc(Cl)cc1C(=O)NC1(C(=O)O)CCC1. The molecule has 2 N–H and O–H groups in total. The smallest absolute Gasteiger partial charge is 0.329 e. The third-order valence-corrected chi connectivity index (χ3v) is 3.65. The minimum atomic E-state index is -1.09. The summed E-state index contributed by atoms with van der Waals surface area (Å²) in [4.78, 5) is 23.3. The molecule has 0 spiro atoms. The van der Waals surface area contributed by atoms with Crippen LogP contribution in [0.2, 0.25) is 5.02 Å². The van der Waals surface area contributed by atoms with Crippen molar-refractivity contribution in [3.63, 3.8) is 0 Å². The van der Waals surface area contributed by atoms with Gasteiger partial charge in [-0.3, -0.25) is 4.79 Å². The summed E-state index contributed by atoms with van der Waals surface area (Å²) in [6, 6.07) is 5.00. The molecule has 1 amide bonds. The van der Waals surface area contributed by atoms with Crippen LogP contribution in [-0.4, -0.2) is 22.5 Å². The van der Waals surface area contributed by atoms with E-state index >= 15 is 0 Å². The molecule has 18 heavy (non-hydrogen) atoms. The van der Waals surface area contributed by atoms with Crippen molar-refractivity contribution in [2.45, 2.75) is 31.7 Å². The Morgan fingerprint density at radius 3 is 2.56 bits per heavy atom. The van der Waals surface area contributed by atoms with Gasteiger partial charge in [-0.2, -0.15) is 0 Å². The summed E-state index contributed by atoms with van der Waals surface area (Å²) >= 11 is 5.85. The van der Waals surface area contributed by atoms with Crippen molar-refractivity contribution >= 4 is 23.5 Å². The van der Waals surface area contributed by atoms with Crippen molar-refractivity contribution in [2.75, 3.05) is 0 Å². The molecule has 1 aromatic carbocycles. The van der Waals surface area contributed by atoms with Crippen LogP contribution in [0.3, 0.4) is 0 Å². The molecule has 1 fully saturated rings. The molecule has 0 saturated heterocycles. The molecule has 1 saturated carbocycles. The van der Waals surface area contributed by atoms with Gasteiger partial charge >= 0.3 is 5.97 Å². The zero-order chi connectivity index (χ0) is 13.3. The minimum Gasteiger partial charge on any atom is -0.480 e. The van der Waals surface area contributed by atoms with Gasteiger partial charge < -0.3 is 10.4 Å². The average Bonchev–Trinajstić information content (AvgIpc) is 2.26. The van der Waals surface area contributed by atoms with Crippen molar-refractivity contribution in [3.05, 3.63) is 34.3 Å². The minimum absolute atomic E-state index is 0.378. The number of halogens is 1. The molecular weight excluding hydrogens is 254 g/mol. The monoisotopic (exact) mass is 267 g/mol. The second kappa shape index (κ2) is 4.61. The van der Waals surface area contributed by atoms with Crippen LogP contribution in [0.15, 0.2) is 18.2 Å². The van der Waals surface area contributed by atoms with Crippen molar-refractivity contribution in [3.8, 4) is 0 Å². The Labute approximate surface area is 110 Å². The standard InChI is InChI=1S/C13H14ClNO3/c1-8-3-4-9(14)7-10(8)11(16)15-13(12(17)18)5-2-6-13/h3-4,7H,2,5-6H2,1H3,(H,15,16)(H,17,18). The number of carbonyl (C=O) groups is 2. The van der Waals surface area contributed by atoms with Crippen molar-refractivity contribution < 1.29 is 14.7 Å². The number of hydrogen-bond acceptors (Lipinski definition) is 2. The number of carboxylic acid groups (broad SMARTS) is 1. The number of carboxylic acids is 1. The summed E-state index contributed by atoms with van der Waals surface area (Å²) in [7, 11) is 0.